The first kappa shape index (κ1) is 13.8. The molecule has 1 unspecified atom stereocenters. The van der Waals surface area contributed by atoms with Crippen molar-refractivity contribution in [2.24, 2.45) is 5.73 Å². The van der Waals surface area contributed by atoms with Crippen molar-refractivity contribution in [1.29, 1.82) is 0 Å². The van der Waals surface area contributed by atoms with Crippen LogP contribution >= 0.6 is 0 Å². The lowest BCUT2D eigenvalue weighted by molar-refractivity contribution is 0.655. The van der Waals surface area contributed by atoms with Crippen molar-refractivity contribution >= 4 is 0 Å². The molecule has 0 aliphatic carbocycles. The van der Waals surface area contributed by atoms with Crippen LogP contribution in [0.2, 0.25) is 0 Å². The van der Waals surface area contributed by atoms with Gasteiger partial charge in [-0.3, -0.25) is 4.68 Å². The second-order valence-electron chi connectivity index (χ2n) is 5.36. The minimum absolute atomic E-state index is 0.367. The van der Waals surface area contributed by atoms with E-state index >= 15 is 0 Å². The normalized spacial score (nSPS) is 12.7. The average molecular weight is 257 g/mol. The molecule has 1 heterocycles. The Morgan fingerprint density at radius 3 is 2.37 bits per heavy atom. The molecule has 102 valence electrons. The molecule has 0 radical (unpaired) electrons. The van der Waals surface area contributed by atoms with Gasteiger partial charge in [-0.2, -0.15) is 5.10 Å². The Balaban J connectivity index is 2.29. The van der Waals surface area contributed by atoms with Gasteiger partial charge in [-0.05, 0) is 38.8 Å². The molecular formula is C16H23N3. The summed E-state index contributed by atoms with van der Waals surface area (Å²) in [5.74, 6) is 0.367. The Labute approximate surface area is 115 Å². The summed E-state index contributed by atoms with van der Waals surface area (Å²) in [4.78, 5) is 0. The minimum atomic E-state index is 0.367. The van der Waals surface area contributed by atoms with E-state index in [0.29, 0.717) is 12.5 Å². The van der Waals surface area contributed by atoms with Crippen molar-refractivity contribution in [3.05, 3.63) is 52.3 Å². The highest BCUT2D eigenvalue weighted by Crippen LogP contribution is 2.23. The molecular weight excluding hydrogens is 234 g/mol. The number of hydrogen-bond donors (Lipinski definition) is 1. The molecule has 0 fully saturated rings. The average Bonchev–Trinajstić information content (AvgIpc) is 2.66. The van der Waals surface area contributed by atoms with E-state index in [4.69, 9.17) is 5.73 Å². The topological polar surface area (TPSA) is 43.8 Å². The maximum absolute atomic E-state index is 5.78. The van der Waals surface area contributed by atoms with Gasteiger partial charge in [-0.15, -0.1) is 0 Å². The van der Waals surface area contributed by atoms with E-state index in [2.05, 4.69) is 61.7 Å². The highest BCUT2D eigenvalue weighted by atomic mass is 15.3. The van der Waals surface area contributed by atoms with Crippen molar-refractivity contribution in [3.63, 3.8) is 0 Å². The highest BCUT2D eigenvalue weighted by molar-refractivity contribution is 5.30. The molecule has 1 aromatic carbocycles. The minimum Gasteiger partial charge on any atom is -0.330 e. The zero-order valence-electron chi connectivity index (χ0n) is 12.3. The summed E-state index contributed by atoms with van der Waals surface area (Å²) in [7, 11) is 0. The molecule has 0 amide bonds. The molecule has 0 saturated carbocycles. The third-order valence-electron chi connectivity index (χ3n) is 3.74. The highest BCUT2D eigenvalue weighted by Gasteiger charge is 2.16. The first-order valence-corrected chi connectivity index (χ1v) is 6.82. The maximum atomic E-state index is 5.78. The van der Waals surface area contributed by atoms with E-state index in [9.17, 15) is 0 Å². The molecule has 0 aliphatic rings. The molecule has 1 aromatic heterocycles. The Hall–Kier alpha value is -1.61. The van der Waals surface area contributed by atoms with Crippen molar-refractivity contribution in [2.45, 2.75) is 40.2 Å². The Morgan fingerprint density at radius 1 is 1.16 bits per heavy atom. The van der Waals surface area contributed by atoms with Gasteiger partial charge in [0, 0.05) is 11.3 Å². The van der Waals surface area contributed by atoms with Gasteiger partial charge in [-0.1, -0.05) is 36.8 Å². The molecule has 2 N–H and O–H groups in total. The molecule has 3 nitrogen and oxygen atoms in total. The fourth-order valence-corrected chi connectivity index (χ4v) is 2.56. The van der Waals surface area contributed by atoms with Crippen LogP contribution in [0.5, 0.6) is 0 Å². The lowest BCUT2D eigenvalue weighted by atomic mass is 9.99. The molecule has 2 aromatic rings. The third-order valence-corrected chi connectivity index (χ3v) is 3.74. The van der Waals surface area contributed by atoms with Gasteiger partial charge in [0.1, 0.15) is 0 Å². The van der Waals surface area contributed by atoms with E-state index in [1.54, 1.807) is 0 Å². The van der Waals surface area contributed by atoms with E-state index in [1.165, 1.54) is 22.4 Å². The van der Waals surface area contributed by atoms with Crippen LogP contribution in [0.1, 0.15) is 40.9 Å². The molecule has 19 heavy (non-hydrogen) atoms. The molecule has 3 heteroatoms. The van der Waals surface area contributed by atoms with Crippen LogP contribution in [0.3, 0.4) is 0 Å². The second-order valence-corrected chi connectivity index (χ2v) is 5.36. The zero-order chi connectivity index (χ0) is 14.0. The summed E-state index contributed by atoms with van der Waals surface area (Å²) in [5.41, 5.74) is 12.0. The van der Waals surface area contributed by atoms with Gasteiger partial charge >= 0.3 is 0 Å². The van der Waals surface area contributed by atoms with Crippen molar-refractivity contribution in [3.8, 4) is 0 Å². The van der Waals surface area contributed by atoms with Crippen LogP contribution < -0.4 is 5.73 Å². The number of hydrogen-bond acceptors (Lipinski definition) is 2. The number of benzene rings is 1. The maximum Gasteiger partial charge on any atom is 0.0662 e. The summed E-state index contributed by atoms with van der Waals surface area (Å²) in [6.45, 7) is 9.96. The number of nitrogens with zero attached hydrogens (tertiary/aromatic N) is 2. The third kappa shape index (κ3) is 2.87. The Morgan fingerprint density at radius 2 is 1.79 bits per heavy atom. The van der Waals surface area contributed by atoms with E-state index in [0.717, 1.165) is 12.2 Å². The molecule has 1 atom stereocenters. The van der Waals surface area contributed by atoms with Crippen molar-refractivity contribution < 1.29 is 0 Å². The number of rotatable bonds is 4. The van der Waals surface area contributed by atoms with Gasteiger partial charge in [0.25, 0.3) is 0 Å². The first-order chi connectivity index (χ1) is 9.02. The van der Waals surface area contributed by atoms with Gasteiger partial charge in [-0.25, -0.2) is 0 Å². The quantitative estimate of drug-likeness (QED) is 0.915. The predicted molar refractivity (Wildman–Crippen MR) is 79.5 cm³/mol. The van der Waals surface area contributed by atoms with Gasteiger partial charge < -0.3 is 5.73 Å². The standard InChI is InChI=1S/C16H23N3/c1-11-5-7-15(8-6-11)10-19-14(4)16(12(2)9-17)13(3)18-19/h5-8,12H,9-10,17H2,1-4H3. The lowest BCUT2D eigenvalue weighted by Crippen LogP contribution is -2.11. The summed E-state index contributed by atoms with van der Waals surface area (Å²) in [6.07, 6.45) is 0. The Kier molecular flexibility index (Phi) is 4.05. The molecule has 0 spiro atoms. The monoisotopic (exact) mass is 257 g/mol. The van der Waals surface area contributed by atoms with Crippen LogP contribution in [0.4, 0.5) is 0 Å². The summed E-state index contributed by atoms with van der Waals surface area (Å²) in [5, 5.41) is 4.66. The second kappa shape index (κ2) is 5.57. The largest absolute Gasteiger partial charge is 0.330 e. The SMILES string of the molecule is Cc1ccc(Cn2nc(C)c(C(C)CN)c2C)cc1. The van der Waals surface area contributed by atoms with Crippen molar-refractivity contribution in [2.75, 3.05) is 6.54 Å². The van der Waals surface area contributed by atoms with Crippen LogP contribution in [-0.2, 0) is 6.54 Å². The van der Waals surface area contributed by atoms with Crippen LogP contribution in [-0.4, -0.2) is 16.3 Å². The molecule has 0 bridgehead atoms. The van der Waals surface area contributed by atoms with E-state index in [-0.39, 0.29) is 0 Å². The summed E-state index contributed by atoms with van der Waals surface area (Å²) < 4.78 is 2.08. The number of aryl methyl sites for hydroxylation is 2. The number of nitrogens with two attached hydrogens (primary N) is 1. The predicted octanol–water partition coefficient (Wildman–Crippen LogP) is 2.92. The summed E-state index contributed by atoms with van der Waals surface area (Å²) in [6, 6.07) is 8.62. The lowest BCUT2D eigenvalue weighted by Gasteiger charge is -2.10. The van der Waals surface area contributed by atoms with E-state index < -0.39 is 0 Å². The number of aromatic nitrogens is 2. The fourth-order valence-electron chi connectivity index (χ4n) is 2.56. The zero-order valence-corrected chi connectivity index (χ0v) is 12.3. The van der Waals surface area contributed by atoms with Gasteiger partial charge in [0.2, 0.25) is 0 Å². The smallest absolute Gasteiger partial charge is 0.0662 e. The van der Waals surface area contributed by atoms with Crippen LogP contribution in [0.25, 0.3) is 0 Å². The molecule has 2 rings (SSSR count). The molecule has 0 saturated heterocycles. The van der Waals surface area contributed by atoms with Gasteiger partial charge in [0.15, 0.2) is 0 Å². The van der Waals surface area contributed by atoms with E-state index in [1.807, 2.05) is 0 Å². The van der Waals surface area contributed by atoms with Crippen LogP contribution in [0.15, 0.2) is 24.3 Å². The van der Waals surface area contributed by atoms with Crippen molar-refractivity contribution in [1.82, 2.24) is 9.78 Å². The first-order valence-electron chi connectivity index (χ1n) is 6.82. The fraction of sp³-hybridized carbons (Fsp3) is 0.438. The summed E-state index contributed by atoms with van der Waals surface area (Å²) >= 11 is 0. The van der Waals surface area contributed by atoms with Crippen LogP contribution in [0, 0.1) is 20.8 Å². The van der Waals surface area contributed by atoms with Gasteiger partial charge in [0.05, 0.1) is 12.2 Å². The molecule has 0 aliphatic heterocycles. The Bertz CT molecular complexity index is 552.